The fraction of sp³-hybridized carbons (Fsp3) is 0.625. The van der Waals surface area contributed by atoms with E-state index in [0.717, 1.165) is 6.54 Å². The molecule has 0 bridgehead atoms. The summed E-state index contributed by atoms with van der Waals surface area (Å²) in [7, 11) is -1.27. The molecule has 0 saturated carbocycles. The second kappa shape index (κ2) is 2.71. The van der Waals surface area contributed by atoms with E-state index in [-0.39, 0.29) is 11.8 Å². The smallest absolute Gasteiger partial charge is 0.237 e. The van der Waals surface area contributed by atoms with Crippen molar-refractivity contribution < 1.29 is 4.79 Å². The van der Waals surface area contributed by atoms with E-state index in [9.17, 15) is 4.79 Å². The molecule has 3 heteroatoms. The Labute approximate surface area is 68.4 Å². The standard InChI is InChI=1S/C8H13NOSi/c1-11(2,3)5-4-7-6-9-8(7)10/h7H,6H2,1-3H3,(H,9,10). The summed E-state index contributed by atoms with van der Waals surface area (Å²) in [6.07, 6.45) is 0. The molecule has 0 aromatic heterocycles. The summed E-state index contributed by atoms with van der Waals surface area (Å²) in [4.78, 5) is 10.7. The van der Waals surface area contributed by atoms with Crippen molar-refractivity contribution in [1.29, 1.82) is 0 Å². The summed E-state index contributed by atoms with van der Waals surface area (Å²) in [5.41, 5.74) is 3.18. The molecule has 0 radical (unpaired) electrons. The maximum absolute atomic E-state index is 10.7. The number of rotatable bonds is 0. The van der Waals surface area contributed by atoms with E-state index < -0.39 is 8.07 Å². The minimum atomic E-state index is -1.27. The van der Waals surface area contributed by atoms with Gasteiger partial charge in [0.2, 0.25) is 5.91 Å². The van der Waals surface area contributed by atoms with Crippen molar-refractivity contribution in [2.45, 2.75) is 19.6 Å². The van der Waals surface area contributed by atoms with Crippen molar-refractivity contribution in [3.8, 4) is 11.5 Å². The van der Waals surface area contributed by atoms with E-state index in [1.165, 1.54) is 0 Å². The Kier molecular flexibility index (Phi) is 2.05. The van der Waals surface area contributed by atoms with Gasteiger partial charge in [-0.15, -0.1) is 5.54 Å². The first-order chi connectivity index (χ1) is 4.99. The highest BCUT2D eigenvalue weighted by atomic mass is 28.3. The van der Waals surface area contributed by atoms with Gasteiger partial charge in [-0.1, -0.05) is 25.6 Å². The van der Waals surface area contributed by atoms with E-state index in [2.05, 4.69) is 36.4 Å². The molecular weight excluding hydrogens is 154 g/mol. The first-order valence-corrected chi connectivity index (χ1v) is 7.29. The van der Waals surface area contributed by atoms with E-state index >= 15 is 0 Å². The zero-order chi connectivity index (χ0) is 8.48. The van der Waals surface area contributed by atoms with Crippen LogP contribution in [-0.4, -0.2) is 20.5 Å². The maximum atomic E-state index is 10.7. The van der Waals surface area contributed by atoms with Crippen LogP contribution in [0.4, 0.5) is 0 Å². The van der Waals surface area contributed by atoms with Gasteiger partial charge in [0.05, 0.1) is 0 Å². The van der Waals surface area contributed by atoms with Crippen molar-refractivity contribution in [2.75, 3.05) is 6.54 Å². The summed E-state index contributed by atoms with van der Waals surface area (Å²) in [6.45, 7) is 7.28. The topological polar surface area (TPSA) is 29.1 Å². The van der Waals surface area contributed by atoms with Crippen LogP contribution in [0.2, 0.25) is 19.6 Å². The van der Waals surface area contributed by atoms with Gasteiger partial charge >= 0.3 is 0 Å². The minimum absolute atomic E-state index is 0.0123. The highest BCUT2D eigenvalue weighted by molar-refractivity contribution is 6.83. The highest BCUT2D eigenvalue weighted by Gasteiger charge is 2.25. The second-order valence-electron chi connectivity index (χ2n) is 3.82. The summed E-state index contributed by atoms with van der Waals surface area (Å²) < 4.78 is 0. The molecule has 1 aliphatic rings. The minimum Gasteiger partial charge on any atom is -0.353 e. The van der Waals surface area contributed by atoms with Crippen molar-refractivity contribution in [3.05, 3.63) is 0 Å². The predicted octanol–water partition coefficient (Wildman–Crippen LogP) is 0.613. The number of carbonyl (C=O) groups excluding carboxylic acids is 1. The van der Waals surface area contributed by atoms with E-state index in [1.54, 1.807) is 0 Å². The summed E-state index contributed by atoms with van der Waals surface area (Å²) in [5, 5.41) is 2.67. The van der Waals surface area contributed by atoms with E-state index in [1.807, 2.05) is 0 Å². The lowest BCUT2D eigenvalue weighted by atomic mass is 10.0. The Hall–Kier alpha value is -0.753. The van der Waals surface area contributed by atoms with Gasteiger partial charge in [-0.3, -0.25) is 4.79 Å². The zero-order valence-electron chi connectivity index (χ0n) is 7.19. The Morgan fingerprint density at radius 1 is 1.55 bits per heavy atom. The van der Waals surface area contributed by atoms with Crippen molar-refractivity contribution in [2.24, 2.45) is 5.92 Å². The number of amides is 1. The zero-order valence-corrected chi connectivity index (χ0v) is 8.19. The maximum Gasteiger partial charge on any atom is 0.237 e. The average Bonchev–Trinajstić information content (AvgIpc) is 1.82. The van der Waals surface area contributed by atoms with Crippen LogP contribution in [0.25, 0.3) is 0 Å². The molecule has 1 N–H and O–H groups in total. The molecule has 1 rings (SSSR count). The van der Waals surface area contributed by atoms with Crippen LogP contribution in [-0.2, 0) is 4.79 Å². The first kappa shape index (κ1) is 8.34. The monoisotopic (exact) mass is 167 g/mol. The Morgan fingerprint density at radius 3 is 2.45 bits per heavy atom. The second-order valence-corrected chi connectivity index (χ2v) is 8.57. The molecule has 0 spiro atoms. The van der Waals surface area contributed by atoms with Gasteiger partial charge in [0.25, 0.3) is 0 Å². The average molecular weight is 167 g/mol. The first-order valence-electron chi connectivity index (χ1n) is 3.79. The quantitative estimate of drug-likeness (QED) is 0.320. The molecule has 1 amide bonds. The molecule has 1 unspecified atom stereocenters. The van der Waals surface area contributed by atoms with Crippen LogP contribution in [0.1, 0.15) is 0 Å². The molecular formula is C8H13NOSi. The lowest BCUT2D eigenvalue weighted by Crippen LogP contribution is -2.47. The van der Waals surface area contributed by atoms with Gasteiger partial charge in [0.1, 0.15) is 14.0 Å². The fourth-order valence-corrected chi connectivity index (χ4v) is 1.31. The number of hydrogen-bond acceptors (Lipinski definition) is 1. The van der Waals surface area contributed by atoms with Crippen molar-refractivity contribution in [1.82, 2.24) is 5.32 Å². The molecule has 1 saturated heterocycles. The van der Waals surface area contributed by atoms with Crippen molar-refractivity contribution >= 4 is 14.0 Å². The number of β-lactam (4-membered cyclic amide) rings is 1. The summed E-state index contributed by atoms with van der Waals surface area (Å²) in [5.74, 6) is 3.09. The van der Waals surface area contributed by atoms with Crippen LogP contribution < -0.4 is 5.32 Å². The van der Waals surface area contributed by atoms with Gasteiger partial charge < -0.3 is 5.32 Å². The molecule has 60 valence electrons. The molecule has 11 heavy (non-hydrogen) atoms. The molecule has 1 atom stereocenters. The fourth-order valence-electron chi connectivity index (χ4n) is 0.708. The van der Waals surface area contributed by atoms with Gasteiger partial charge in [-0.25, -0.2) is 0 Å². The number of carbonyl (C=O) groups is 1. The number of nitrogens with one attached hydrogen (secondary N) is 1. The molecule has 0 aromatic rings. The molecule has 1 aliphatic heterocycles. The van der Waals surface area contributed by atoms with Crippen LogP contribution in [0.5, 0.6) is 0 Å². The van der Waals surface area contributed by atoms with Gasteiger partial charge in [-0.2, -0.15) is 0 Å². The largest absolute Gasteiger partial charge is 0.353 e. The van der Waals surface area contributed by atoms with E-state index in [4.69, 9.17) is 0 Å². The Bertz CT molecular complexity index is 231. The van der Waals surface area contributed by atoms with Gasteiger partial charge in [0, 0.05) is 6.54 Å². The third kappa shape index (κ3) is 2.39. The third-order valence-corrected chi connectivity index (χ3v) is 2.31. The van der Waals surface area contributed by atoms with Crippen LogP contribution in [0.15, 0.2) is 0 Å². The van der Waals surface area contributed by atoms with Gasteiger partial charge in [-0.05, 0) is 0 Å². The molecule has 0 aliphatic carbocycles. The SMILES string of the molecule is C[Si](C)(C)C#CC1CNC1=O. The van der Waals surface area contributed by atoms with Gasteiger partial charge in [0.15, 0.2) is 0 Å². The molecule has 0 aromatic carbocycles. The van der Waals surface area contributed by atoms with E-state index in [0.29, 0.717) is 0 Å². The summed E-state index contributed by atoms with van der Waals surface area (Å²) >= 11 is 0. The Morgan fingerprint density at radius 2 is 2.18 bits per heavy atom. The normalized spacial score (nSPS) is 22.8. The van der Waals surface area contributed by atoms with Crippen LogP contribution >= 0.6 is 0 Å². The molecule has 1 fully saturated rings. The lowest BCUT2D eigenvalue weighted by molar-refractivity contribution is -0.128. The number of hydrogen-bond donors (Lipinski definition) is 1. The van der Waals surface area contributed by atoms with Crippen LogP contribution in [0.3, 0.4) is 0 Å². The van der Waals surface area contributed by atoms with Crippen LogP contribution in [0, 0.1) is 17.4 Å². The van der Waals surface area contributed by atoms with Crippen molar-refractivity contribution in [3.63, 3.8) is 0 Å². The highest BCUT2D eigenvalue weighted by Crippen LogP contribution is 2.04. The summed E-state index contributed by atoms with van der Waals surface area (Å²) in [6, 6.07) is 0. The third-order valence-electron chi connectivity index (χ3n) is 1.42. The lowest BCUT2D eigenvalue weighted by Gasteiger charge is -2.21. The Balaban J connectivity index is 2.51. The molecule has 1 heterocycles. The predicted molar refractivity (Wildman–Crippen MR) is 47.6 cm³/mol. The molecule has 2 nitrogen and oxygen atoms in total.